The van der Waals surface area contributed by atoms with Crippen molar-refractivity contribution in [1.82, 2.24) is 5.32 Å². The van der Waals surface area contributed by atoms with E-state index in [4.69, 9.17) is 4.42 Å². The first-order valence-electron chi connectivity index (χ1n) is 5.64. The van der Waals surface area contributed by atoms with Crippen LogP contribution in [0.1, 0.15) is 29.7 Å². The highest BCUT2D eigenvalue weighted by Gasteiger charge is 2.15. The Morgan fingerprint density at radius 1 is 1.25 bits per heavy atom. The molecule has 1 N–H and O–H groups in total. The highest BCUT2D eigenvalue weighted by atomic mass is 16.3. The minimum Gasteiger partial charge on any atom is -0.472 e. The number of aryl methyl sites for hydroxylation is 1. The highest BCUT2D eigenvalue weighted by molar-refractivity contribution is 5.36. The molecule has 1 heterocycles. The fraction of sp³-hybridized carbons (Fsp3) is 0.286. The van der Waals surface area contributed by atoms with Gasteiger partial charge in [0.15, 0.2) is 0 Å². The van der Waals surface area contributed by atoms with Crippen molar-refractivity contribution in [2.45, 2.75) is 19.4 Å². The van der Waals surface area contributed by atoms with Gasteiger partial charge < -0.3 is 9.73 Å². The molecule has 0 aliphatic rings. The molecule has 0 saturated heterocycles. The smallest absolute Gasteiger partial charge is 0.0953 e. The summed E-state index contributed by atoms with van der Waals surface area (Å²) in [6.07, 6.45) is 4.56. The Morgan fingerprint density at radius 3 is 2.69 bits per heavy atom. The summed E-state index contributed by atoms with van der Waals surface area (Å²) in [5.41, 5.74) is 3.88. The molecule has 0 aliphatic carbocycles. The third-order valence-corrected chi connectivity index (χ3v) is 2.91. The van der Waals surface area contributed by atoms with Gasteiger partial charge in [0, 0.05) is 5.56 Å². The minimum atomic E-state index is 0.217. The van der Waals surface area contributed by atoms with Crippen molar-refractivity contribution in [2.24, 2.45) is 0 Å². The van der Waals surface area contributed by atoms with E-state index in [0.29, 0.717) is 0 Å². The molecule has 0 fully saturated rings. The number of rotatable bonds is 4. The molecule has 16 heavy (non-hydrogen) atoms. The Hall–Kier alpha value is -1.54. The molecule has 2 aromatic rings. The summed E-state index contributed by atoms with van der Waals surface area (Å²) in [4.78, 5) is 0. The van der Waals surface area contributed by atoms with Gasteiger partial charge >= 0.3 is 0 Å². The monoisotopic (exact) mass is 215 g/mol. The predicted octanol–water partition coefficient (Wildman–Crippen LogP) is 3.15. The standard InChI is InChI=1S/C14H17NO/c1-3-11-6-4-5-7-13(11)14(15-2)12-8-9-16-10-12/h4-10,14-15H,3H2,1-2H3. The molecular formula is C14H17NO. The molecule has 2 rings (SSSR count). The third kappa shape index (κ3) is 2.02. The summed E-state index contributed by atoms with van der Waals surface area (Å²) >= 11 is 0. The number of furan rings is 1. The van der Waals surface area contributed by atoms with E-state index in [1.807, 2.05) is 13.1 Å². The lowest BCUT2D eigenvalue weighted by molar-refractivity contribution is 0.557. The van der Waals surface area contributed by atoms with Crippen LogP contribution in [-0.4, -0.2) is 7.05 Å². The Morgan fingerprint density at radius 2 is 2.06 bits per heavy atom. The molecule has 1 aromatic heterocycles. The molecule has 0 bridgehead atoms. The lowest BCUT2D eigenvalue weighted by Crippen LogP contribution is -2.18. The summed E-state index contributed by atoms with van der Waals surface area (Å²) in [5, 5.41) is 3.34. The topological polar surface area (TPSA) is 25.2 Å². The van der Waals surface area contributed by atoms with Gasteiger partial charge in [-0.1, -0.05) is 31.2 Å². The molecule has 0 saturated carbocycles. The first-order valence-corrected chi connectivity index (χ1v) is 5.64. The van der Waals surface area contributed by atoms with E-state index in [0.717, 1.165) is 6.42 Å². The lowest BCUT2D eigenvalue weighted by atomic mass is 9.95. The molecule has 0 amide bonds. The normalized spacial score (nSPS) is 12.6. The average Bonchev–Trinajstić information content (AvgIpc) is 2.84. The molecule has 2 heteroatoms. The van der Waals surface area contributed by atoms with Gasteiger partial charge in [0.1, 0.15) is 0 Å². The van der Waals surface area contributed by atoms with Crippen LogP contribution in [-0.2, 0) is 6.42 Å². The Kier molecular flexibility index (Phi) is 3.42. The molecular weight excluding hydrogens is 198 g/mol. The molecule has 0 spiro atoms. The quantitative estimate of drug-likeness (QED) is 0.847. The highest BCUT2D eigenvalue weighted by Crippen LogP contribution is 2.25. The van der Waals surface area contributed by atoms with Crippen molar-refractivity contribution in [1.29, 1.82) is 0 Å². The lowest BCUT2D eigenvalue weighted by Gasteiger charge is -2.18. The van der Waals surface area contributed by atoms with Crippen molar-refractivity contribution >= 4 is 0 Å². The van der Waals surface area contributed by atoms with Gasteiger partial charge in [-0.05, 0) is 30.7 Å². The van der Waals surface area contributed by atoms with Crippen LogP contribution in [0.15, 0.2) is 47.3 Å². The average molecular weight is 215 g/mol. The van der Waals surface area contributed by atoms with E-state index in [1.54, 1.807) is 12.5 Å². The zero-order chi connectivity index (χ0) is 11.4. The van der Waals surface area contributed by atoms with Gasteiger partial charge in [0.2, 0.25) is 0 Å². The SMILES string of the molecule is CCc1ccccc1C(NC)c1ccoc1. The summed E-state index contributed by atoms with van der Waals surface area (Å²) in [6.45, 7) is 2.18. The maximum Gasteiger partial charge on any atom is 0.0953 e. The zero-order valence-corrected chi connectivity index (χ0v) is 9.73. The summed E-state index contributed by atoms with van der Waals surface area (Å²) in [6, 6.07) is 10.7. The van der Waals surface area contributed by atoms with Crippen LogP contribution in [0, 0.1) is 0 Å². The Bertz CT molecular complexity index is 434. The molecule has 1 atom stereocenters. The number of benzene rings is 1. The molecule has 0 radical (unpaired) electrons. The van der Waals surface area contributed by atoms with Crippen LogP contribution in [0.5, 0.6) is 0 Å². The van der Waals surface area contributed by atoms with E-state index in [-0.39, 0.29) is 6.04 Å². The van der Waals surface area contributed by atoms with Gasteiger partial charge in [0.05, 0.1) is 18.6 Å². The first kappa shape index (κ1) is 11.0. The third-order valence-electron chi connectivity index (χ3n) is 2.91. The number of hydrogen-bond acceptors (Lipinski definition) is 2. The van der Waals surface area contributed by atoms with Crippen LogP contribution in [0.2, 0.25) is 0 Å². The Balaban J connectivity index is 2.41. The molecule has 84 valence electrons. The largest absolute Gasteiger partial charge is 0.472 e. The number of nitrogens with one attached hydrogen (secondary N) is 1. The van der Waals surface area contributed by atoms with Crippen molar-refractivity contribution in [2.75, 3.05) is 7.05 Å². The maximum atomic E-state index is 5.15. The summed E-state index contributed by atoms with van der Waals surface area (Å²) in [7, 11) is 1.98. The molecule has 2 nitrogen and oxygen atoms in total. The van der Waals surface area contributed by atoms with Crippen LogP contribution in [0.25, 0.3) is 0 Å². The fourth-order valence-electron chi connectivity index (χ4n) is 2.08. The van der Waals surface area contributed by atoms with Crippen molar-refractivity contribution < 1.29 is 4.42 Å². The van der Waals surface area contributed by atoms with Crippen molar-refractivity contribution in [3.8, 4) is 0 Å². The second kappa shape index (κ2) is 4.99. The number of hydrogen-bond donors (Lipinski definition) is 1. The van der Waals surface area contributed by atoms with E-state index in [9.17, 15) is 0 Å². The van der Waals surface area contributed by atoms with E-state index >= 15 is 0 Å². The minimum absolute atomic E-state index is 0.217. The molecule has 0 aliphatic heterocycles. The second-order valence-electron chi connectivity index (χ2n) is 3.83. The fourth-order valence-corrected chi connectivity index (χ4v) is 2.08. The van der Waals surface area contributed by atoms with E-state index in [1.165, 1.54) is 16.7 Å². The van der Waals surface area contributed by atoms with Gasteiger partial charge in [-0.3, -0.25) is 0 Å². The van der Waals surface area contributed by atoms with Gasteiger partial charge in [0.25, 0.3) is 0 Å². The maximum absolute atomic E-state index is 5.15. The van der Waals surface area contributed by atoms with Crippen LogP contribution in [0.4, 0.5) is 0 Å². The predicted molar refractivity (Wildman–Crippen MR) is 65.4 cm³/mol. The van der Waals surface area contributed by atoms with Crippen LogP contribution >= 0.6 is 0 Å². The van der Waals surface area contributed by atoms with E-state index in [2.05, 4.69) is 36.5 Å². The molecule has 1 aromatic carbocycles. The summed E-state index contributed by atoms with van der Waals surface area (Å²) < 4.78 is 5.15. The van der Waals surface area contributed by atoms with Crippen LogP contribution < -0.4 is 5.32 Å². The Labute approximate surface area is 96.3 Å². The zero-order valence-electron chi connectivity index (χ0n) is 9.73. The van der Waals surface area contributed by atoms with Gasteiger partial charge in [-0.2, -0.15) is 0 Å². The first-order chi connectivity index (χ1) is 7.86. The van der Waals surface area contributed by atoms with Crippen molar-refractivity contribution in [3.63, 3.8) is 0 Å². The van der Waals surface area contributed by atoms with Gasteiger partial charge in [-0.15, -0.1) is 0 Å². The second-order valence-corrected chi connectivity index (χ2v) is 3.83. The summed E-state index contributed by atoms with van der Waals surface area (Å²) in [5.74, 6) is 0. The molecule has 1 unspecified atom stereocenters. The van der Waals surface area contributed by atoms with Crippen molar-refractivity contribution in [3.05, 3.63) is 59.5 Å². The van der Waals surface area contributed by atoms with E-state index < -0.39 is 0 Å². The van der Waals surface area contributed by atoms with Crippen LogP contribution in [0.3, 0.4) is 0 Å². The van der Waals surface area contributed by atoms with Gasteiger partial charge in [-0.25, -0.2) is 0 Å².